The Hall–Kier alpha value is -2.45. The van der Waals surface area contributed by atoms with E-state index < -0.39 is 0 Å². The number of fused-ring (bicyclic) bond motifs is 1. The van der Waals surface area contributed by atoms with E-state index in [4.69, 9.17) is 21.1 Å². The molecule has 2 nitrogen and oxygen atoms in total. The molecule has 0 N–H and O–H groups in total. The van der Waals surface area contributed by atoms with E-state index in [-0.39, 0.29) is 11.7 Å². The number of hydrogen-bond acceptors (Lipinski definition) is 2. The summed E-state index contributed by atoms with van der Waals surface area (Å²) in [6.07, 6.45) is 2.11. The van der Waals surface area contributed by atoms with Gasteiger partial charge in [-0.05, 0) is 92.9 Å². The predicted octanol–water partition coefficient (Wildman–Crippen LogP) is 7.54. The van der Waals surface area contributed by atoms with Crippen molar-refractivity contribution < 1.29 is 9.47 Å². The molecule has 3 aromatic carbocycles. The maximum atomic E-state index is 6.58. The molecule has 3 heteroatoms. The molecule has 28 heavy (non-hydrogen) atoms. The van der Waals surface area contributed by atoms with Crippen molar-refractivity contribution >= 4 is 33.5 Å². The highest BCUT2D eigenvalue weighted by molar-refractivity contribution is 6.51. The molecule has 0 saturated carbocycles. The topological polar surface area (TPSA) is 18.5 Å². The van der Waals surface area contributed by atoms with Crippen LogP contribution in [0, 0.1) is 0 Å². The Kier molecular flexibility index (Phi) is 6.00. The van der Waals surface area contributed by atoms with Crippen LogP contribution in [0.5, 0.6) is 11.5 Å². The maximum Gasteiger partial charge on any atom is 0.120 e. The fourth-order valence-electron chi connectivity index (χ4n) is 2.97. The Morgan fingerprint density at radius 3 is 2.32 bits per heavy atom. The lowest BCUT2D eigenvalue weighted by atomic mass is 10.0. The minimum absolute atomic E-state index is 0.130. The molecule has 0 aliphatic heterocycles. The fourth-order valence-corrected chi connectivity index (χ4v) is 3.21. The first-order chi connectivity index (χ1) is 13.2. The minimum Gasteiger partial charge on any atom is -0.491 e. The van der Waals surface area contributed by atoms with Gasteiger partial charge in [0.1, 0.15) is 17.1 Å². The van der Waals surface area contributed by atoms with Crippen LogP contribution in [-0.4, -0.2) is 11.7 Å². The molecular weight excluding hydrogens is 368 g/mol. The van der Waals surface area contributed by atoms with Gasteiger partial charge in [0, 0.05) is 5.03 Å². The number of rotatable bonds is 5. The molecule has 0 aromatic heterocycles. The summed E-state index contributed by atoms with van der Waals surface area (Å²) in [6, 6.07) is 20.3. The van der Waals surface area contributed by atoms with Crippen LogP contribution in [0.25, 0.3) is 21.9 Å². The van der Waals surface area contributed by atoms with Gasteiger partial charge in [0.2, 0.25) is 0 Å². The molecule has 0 saturated heterocycles. The average molecular weight is 395 g/mol. The Balaban J connectivity index is 1.86. The number of hydrogen-bond donors (Lipinski definition) is 0. The molecule has 0 aliphatic carbocycles. The van der Waals surface area contributed by atoms with E-state index in [0.717, 1.165) is 33.4 Å². The second kappa shape index (κ2) is 8.28. The molecule has 0 radical (unpaired) electrons. The first kappa shape index (κ1) is 20.3. The van der Waals surface area contributed by atoms with E-state index >= 15 is 0 Å². The van der Waals surface area contributed by atoms with Gasteiger partial charge < -0.3 is 9.47 Å². The Labute approximate surface area is 172 Å². The third-order valence-electron chi connectivity index (χ3n) is 4.03. The largest absolute Gasteiger partial charge is 0.491 e. The van der Waals surface area contributed by atoms with E-state index in [1.165, 1.54) is 0 Å². The van der Waals surface area contributed by atoms with Gasteiger partial charge in [-0.15, -0.1) is 0 Å². The van der Waals surface area contributed by atoms with Crippen LogP contribution in [0.3, 0.4) is 0 Å². The van der Waals surface area contributed by atoms with Crippen LogP contribution in [0.1, 0.15) is 45.7 Å². The lowest BCUT2D eigenvalue weighted by Crippen LogP contribution is -2.22. The third kappa shape index (κ3) is 5.53. The summed E-state index contributed by atoms with van der Waals surface area (Å²) < 4.78 is 11.7. The lowest BCUT2D eigenvalue weighted by molar-refractivity contribution is 0.131. The average Bonchev–Trinajstić information content (AvgIpc) is 2.60. The first-order valence-electron chi connectivity index (χ1n) is 9.57. The van der Waals surface area contributed by atoms with Crippen LogP contribution in [0.2, 0.25) is 0 Å². The summed E-state index contributed by atoms with van der Waals surface area (Å²) in [6.45, 7) is 10.2. The molecule has 0 aliphatic rings. The zero-order chi connectivity index (χ0) is 20.3. The fraction of sp³-hybridized carbons (Fsp3) is 0.280. The summed E-state index contributed by atoms with van der Waals surface area (Å²) in [5, 5.41) is 2.97. The molecule has 0 atom stereocenters. The van der Waals surface area contributed by atoms with E-state index in [9.17, 15) is 0 Å². The SMILES string of the molecule is CC(C)Oc1cccc(C(Cl)=Cc2ccc3cc(OC(C)(C)C)ccc3c2)c1. The van der Waals surface area contributed by atoms with Crippen molar-refractivity contribution in [1.82, 2.24) is 0 Å². The van der Waals surface area contributed by atoms with Crippen LogP contribution < -0.4 is 9.47 Å². The van der Waals surface area contributed by atoms with Gasteiger partial charge in [-0.1, -0.05) is 41.9 Å². The third-order valence-corrected chi connectivity index (χ3v) is 4.36. The summed E-state index contributed by atoms with van der Waals surface area (Å²) in [5.74, 6) is 1.70. The molecule has 0 amide bonds. The van der Waals surface area contributed by atoms with Gasteiger partial charge in [0.05, 0.1) is 6.10 Å². The summed E-state index contributed by atoms with van der Waals surface area (Å²) in [5.41, 5.74) is 1.78. The first-order valence-corrected chi connectivity index (χ1v) is 9.94. The standard InChI is InChI=1S/C25H27ClO2/c1-17(2)27-22-8-6-7-21(16-22)24(26)14-18-9-10-20-15-23(28-25(3,4)5)12-11-19(20)13-18/h6-17H,1-5H3. The van der Waals surface area contributed by atoms with Crippen LogP contribution in [0.15, 0.2) is 60.7 Å². The molecule has 0 fully saturated rings. The molecule has 0 unspecified atom stereocenters. The predicted molar refractivity (Wildman–Crippen MR) is 120 cm³/mol. The highest BCUT2D eigenvalue weighted by atomic mass is 35.5. The smallest absolute Gasteiger partial charge is 0.120 e. The van der Waals surface area contributed by atoms with Crippen LogP contribution >= 0.6 is 11.6 Å². The Morgan fingerprint density at radius 2 is 1.61 bits per heavy atom. The van der Waals surface area contributed by atoms with Gasteiger partial charge in [0.15, 0.2) is 0 Å². The van der Waals surface area contributed by atoms with Gasteiger partial charge >= 0.3 is 0 Å². The van der Waals surface area contributed by atoms with Gasteiger partial charge in [-0.25, -0.2) is 0 Å². The number of benzene rings is 3. The van der Waals surface area contributed by atoms with Crippen molar-refractivity contribution in [2.45, 2.75) is 46.3 Å². The number of halogens is 1. The summed E-state index contributed by atoms with van der Waals surface area (Å²) in [7, 11) is 0. The van der Waals surface area contributed by atoms with Gasteiger partial charge in [0.25, 0.3) is 0 Å². The zero-order valence-electron chi connectivity index (χ0n) is 17.1. The van der Waals surface area contributed by atoms with E-state index in [2.05, 4.69) is 30.3 Å². The molecular formula is C25H27ClO2. The second-order valence-electron chi connectivity index (χ2n) is 8.17. The normalized spacial score (nSPS) is 12.5. The highest BCUT2D eigenvalue weighted by Gasteiger charge is 2.12. The van der Waals surface area contributed by atoms with E-state index in [1.54, 1.807) is 0 Å². The summed E-state index contributed by atoms with van der Waals surface area (Å²) in [4.78, 5) is 0. The van der Waals surface area contributed by atoms with Crippen molar-refractivity contribution in [2.24, 2.45) is 0 Å². The number of ether oxygens (including phenoxy) is 2. The molecule has 3 rings (SSSR count). The molecule has 3 aromatic rings. The van der Waals surface area contributed by atoms with Gasteiger partial charge in [-0.3, -0.25) is 0 Å². The lowest BCUT2D eigenvalue weighted by Gasteiger charge is -2.21. The summed E-state index contributed by atoms with van der Waals surface area (Å²) >= 11 is 6.58. The zero-order valence-corrected chi connectivity index (χ0v) is 17.9. The highest BCUT2D eigenvalue weighted by Crippen LogP contribution is 2.29. The minimum atomic E-state index is -0.211. The van der Waals surface area contributed by atoms with Crippen molar-refractivity contribution in [2.75, 3.05) is 0 Å². The molecule has 146 valence electrons. The van der Waals surface area contributed by atoms with Crippen molar-refractivity contribution in [3.8, 4) is 11.5 Å². The van der Waals surface area contributed by atoms with Crippen molar-refractivity contribution in [3.63, 3.8) is 0 Å². The van der Waals surface area contributed by atoms with Crippen LogP contribution in [0.4, 0.5) is 0 Å². The van der Waals surface area contributed by atoms with E-state index in [0.29, 0.717) is 5.03 Å². The second-order valence-corrected chi connectivity index (χ2v) is 8.58. The van der Waals surface area contributed by atoms with E-state index in [1.807, 2.05) is 71.0 Å². The molecule has 0 bridgehead atoms. The Bertz CT molecular complexity index is 997. The molecule has 0 spiro atoms. The maximum absolute atomic E-state index is 6.58. The Morgan fingerprint density at radius 1 is 0.893 bits per heavy atom. The monoisotopic (exact) mass is 394 g/mol. The van der Waals surface area contributed by atoms with Gasteiger partial charge in [-0.2, -0.15) is 0 Å². The molecule has 0 heterocycles. The van der Waals surface area contributed by atoms with Crippen LogP contribution in [-0.2, 0) is 0 Å². The van der Waals surface area contributed by atoms with Crippen molar-refractivity contribution in [1.29, 1.82) is 0 Å². The quantitative estimate of drug-likeness (QED) is 0.416. The van der Waals surface area contributed by atoms with Crippen molar-refractivity contribution in [3.05, 3.63) is 71.8 Å².